The smallest absolute Gasteiger partial charge is 0.186 e. The molecule has 6 nitrogen and oxygen atoms in total. The van der Waals surface area contributed by atoms with Crippen LogP contribution < -0.4 is 21.5 Å². The van der Waals surface area contributed by atoms with E-state index in [0.717, 1.165) is 16.8 Å². The molecule has 0 bridgehead atoms. The first-order chi connectivity index (χ1) is 13.6. The number of anilines is 1. The fraction of sp³-hybridized carbons (Fsp3) is 0.200. The van der Waals surface area contributed by atoms with Crippen molar-refractivity contribution in [2.75, 3.05) is 19.4 Å². The zero-order valence-electron chi connectivity index (χ0n) is 16.1. The fourth-order valence-electron chi connectivity index (χ4n) is 2.26. The van der Waals surface area contributed by atoms with E-state index in [2.05, 4.69) is 31.7 Å². The molecule has 0 unspecified atom stereocenters. The van der Waals surface area contributed by atoms with Crippen molar-refractivity contribution in [3.05, 3.63) is 65.7 Å². The summed E-state index contributed by atoms with van der Waals surface area (Å²) in [5.74, 6) is 0. The van der Waals surface area contributed by atoms with Gasteiger partial charge in [0.25, 0.3) is 0 Å². The molecule has 0 atom stereocenters. The zero-order valence-corrected chi connectivity index (χ0v) is 17.7. The molecule has 0 aliphatic carbocycles. The predicted molar refractivity (Wildman–Crippen MR) is 126 cm³/mol. The van der Waals surface area contributed by atoms with Gasteiger partial charge in [-0.1, -0.05) is 61.6 Å². The van der Waals surface area contributed by atoms with Gasteiger partial charge in [0, 0.05) is 30.9 Å². The van der Waals surface area contributed by atoms with Crippen molar-refractivity contribution in [3.63, 3.8) is 0 Å². The lowest BCUT2D eigenvalue weighted by molar-refractivity contribution is 0.974. The standard InChI is InChI=1S/C20H24N6S2/c1-4-17(27)23-24-18(14-8-6-5-7-9-14)19(25-26-20(28)22-3)15-10-12-16(21-2)13-11-15/h5-13,21H,4H2,1-3H3,(H,23,27)(H2,22,26,28). The number of hydrazone groups is 2. The highest BCUT2D eigenvalue weighted by atomic mass is 32.1. The van der Waals surface area contributed by atoms with Crippen LogP contribution in [0.3, 0.4) is 0 Å². The Morgan fingerprint density at radius 3 is 1.93 bits per heavy atom. The molecule has 0 heterocycles. The Balaban J connectivity index is 2.55. The maximum Gasteiger partial charge on any atom is 0.186 e. The van der Waals surface area contributed by atoms with Gasteiger partial charge in [0.15, 0.2) is 5.11 Å². The Labute approximate surface area is 176 Å². The molecular weight excluding hydrogens is 388 g/mol. The van der Waals surface area contributed by atoms with Gasteiger partial charge in [-0.2, -0.15) is 10.2 Å². The maximum atomic E-state index is 5.27. The summed E-state index contributed by atoms with van der Waals surface area (Å²) in [4.78, 5) is 0.650. The third kappa shape index (κ3) is 6.11. The largest absolute Gasteiger partial charge is 0.388 e. The maximum absolute atomic E-state index is 5.27. The van der Waals surface area contributed by atoms with Crippen LogP contribution in [-0.2, 0) is 0 Å². The topological polar surface area (TPSA) is 72.8 Å². The first-order valence-electron chi connectivity index (χ1n) is 8.85. The van der Waals surface area contributed by atoms with Crippen molar-refractivity contribution in [2.45, 2.75) is 13.3 Å². The van der Waals surface area contributed by atoms with E-state index in [9.17, 15) is 0 Å². The van der Waals surface area contributed by atoms with E-state index in [4.69, 9.17) is 24.4 Å². The molecule has 2 aromatic rings. The number of thiocarbonyl (C=S) groups is 2. The summed E-state index contributed by atoms with van der Waals surface area (Å²) < 4.78 is 0. The molecule has 0 aliphatic rings. The monoisotopic (exact) mass is 412 g/mol. The van der Waals surface area contributed by atoms with Crippen LogP contribution in [0.4, 0.5) is 5.69 Å². The average Bonchev–Trinajstić information content (AvgIpc) is 2.76. The molecule has 0 fully saturated rings. The minimum atomic E-state index is 0.411. The lowest BCUT2D eigenvalue weighted by atomic mass is 9.99. The first kappa shape index (κ1) is 21.5. The zero-order chi connectivity index (χ0) is 20.4. The third-order valence-corrected chi connectivity index (χ3v) is 4.50. The Hall–Kier alpha value is -2.84. The lowest BCUT2D eigenvalue weighted by Crippen LogP contribution is -2.32. The van der Waals surface area contributed by atoms with Crippen molar-refractivity contribution >= 4 is 51.6 Å². The summed E-state index contributed by atoms with van der Waals surface area (Å²) in [6.45, 7) is 1.98. The van der Waals surface area contributed by atoms with Gasteiger partial charge in [-0.25, -0.2) is 0 Å². The van der Waals surface area contributed by atoms with E-state index in [0.29, 0.717) is 27.9 Å². The summed E-state index contributed by atoms with van der Waals surface area (Å²) in [5, 5.41) is 15.5. The molecule has 146 valence electrons. The highest BCUT2D eigenvalue weighted by molar-refractivity contribution is 7.80. The van der Waals surface area contributed by atoms with Crippen LogP contribution in [0.1, 0.15) is 24.5 Å². The fourth-order valence-corrected chi connectivity index (χ4v) is 2.35. The van der Waals surface area contributed by atoms with Crippen molar-refractivity contribution in [1.29, 1.82) is 0 Å². The molecule has 0 amide bonds. The van der Waals surface area contributed by atoms with Crippen molar-refractivity contribution in [2.24, 2.45) is 10.2 Å². The second kappa shape index (κ2) is 11.1. The Bertz CT molecular complexity index is 860. The minimum Gasteiger partial charge on any atom is -0.388 e. The SMILES string of the molecule is CCC(=S)NN=C(C(=NNC(=S)NC)c1ccc(NC)cc1)c1ccccc1. The number of hydrogen-bond acceptors (Lipinski definition) is 5. The molecule has 4 N–H and O–H groups in total. The highest BCUT2D eigenvalue weighted by Crippen LogP contribution is 2.14. The van der Waals surface area contributed by atoms with Gasteiger partial charge in [0.2, 0.25) is 0 Å². The van der Waals surface area contributed by atoms with Crippen LogP contribution in [0.5, 0.6) is 0 Å². The van der Waals surface area contributed by atoms with E-state index in [1.54, 1.807) is 7.05 Å². The van der Waals surface area contributed by atoms with Crippen LogP contribution in [0.15, 0.2) is 64.8 Å². The summed E-state index contributed by atoms with van der Waals surface area (Å²) in [5.41, 5.74) is 9.90. The average molecular weight is 413 g/mol. The Morgan fingerprint density at radius 2 is 1.39 bits per heavy atom. The molecule has 2 rings (SSSR count). The normalized spacial score (nSPS) is 11.5. The van der Waals surface area contributed by atoms with Crippen LogP contribution >= 0.6 is 24.4 Å². The number of nitrogens with one attached hydrogen (secondary N) is 4. The second-order valence-electron chi connectivity index (χ2n) is 5.69. The summed E-state index contributed by atoms with van der Waals surface area (Å²) >= 11 is 10.4. The molecule has 28 heavy (non-hydrogen) atoms. The van der Waals surface area contributed by atoms with Gasteiger partial charge < -0.3 is 10.6 Å². The Morgan fingerprint density at radius 1 is 0.821 bits per heavy atom. The molecule has 0 spiro atoms. The summed E-state index contributed by atoms with van der Waals surface area (Å²) in [6.07, 6.45) is 0.701. The van der Waals surface area contributed by atoms with Crippen molar-refractivity contribution < 1.29 is 0 Å². The van der Waals surface area contributed by atoms with Gasteiger partial charge >= 0.3 is 0 Å². The quantitative estimate of drug-likeness (QED) is 0.318. The molecule has 0 saturated carbocycles. The van der Waals surface area contributed by atoms with Gasteiger partial charge in [-0.15, -0.1) is 0 Å². The third-order valence-electron chi connectivity index (χ3n) is 3.83. The highest BCUT2D eigenvalue weighted by Gasteiger charge is 2.16. The van der Waals surface area contributed by atoms with Crippen LogP contribution in [0.2, 0.25) is 0 Å². The predicted octanol–water partition coefficient (Wildman–Crippen LogP) is 3.26. The van der Waals surface area contributed by atoms with Crippen LogP contribution in [-0.4, -0.2) is 35.6 Å². The lowest BCUT2D eigenvalue weighted by Gasteiger charge is -2.13. The second-order valence-corrected chi connectivity index (χ2v) is 6.59. The molecule has 2 aromatic carbocycles. The molecule has 0 radical (unpaired) electrons. The minimum absolute atomic E-state index is 0.411. The molecule has 0 aliphatic heterocycles. The molecule has 0 saturated heterocycles. The first-order valence-corrected chi connectivity index (χ1v) is 9.66. The summed E-state index contributed by atoms with van der Waals surface area (Å²) in [6, 6.07) is 17.7. The van der Waals surface area contributed by atoms with Gasteiger partial charge in [0.05, 0.1) is 4.99 Å². The number of rotatable bonds is 7. The molecule has 8 heteroatoms. The van der Waals surface area contributed by atoms with E-state index in [-0.39, 0.29) is 0 Å². The van der Waals surface area contributed by atoms with E-state index in [1.165, 1.54) is 0 Å². The Kier molecular flexibility index (Phi) is 8.51. The van der Waals surface area contributed by atoms with Gasteiger partial charge in [0.1, 0.15) is 11.4 Å². The number of hydrogen-bond donors (Lipinski definition) is 4. The van der Waals surface area contributed by atoms with Crippen LogP contribution in [0.25, 0.3) is 0 Å². The number of benzene rings is 2. The van der Waals surface area contributed by atoms with Gasteiger partial charge in [-0.3, -0.25) is 10.9 Å². The van der Waals surface area contributed by atoms with E-state index in [1.807, 2.05) is 68.6 Å². The summed E-state index contributed by atoms with van der Waals surface area (Å²) in [7, 11) is 3.61. The van der Waals surface area contributed by atoms with Crippen molar-refractivity contribution in [3.8, 4) is 0 Å². The van der Waals surface area contributed by atoms with E-state index >= 15 is 0 Å². The van der Waals surface area contributed by atoms with Gasteiger partial charge in [-0.05, 0) is 30.8 Å². The van der Waals surface area contributed by atoms with E-state index < -0.39 is 0 Å². The number of nitrogens with zero attached hydrogens (tertiary/aromatic N) is 2. The van der Waals surface area contributed by atoms with Crippen LogP contribution in [0, 0.1) is 0 Å². The van der Waals surface area contributed by atoms with Crippen molar-refractivity contribution in [1.82, 2.24) is 16.2 Å². The molecular formula is C20H24N6S2. The molecule has 0 aromatic heterocycles.